The molecule has 0 aliphatic carbocycles. The number of methoxy groups -OCH3 is 2. The maximum absolute atomic E-state index is 12.6. The van der Waals surface area contributed by atoms with Gasteiger partial charge in [0.05, 0.1) is 20.3 Å². The molecule has 31 heavy (non-hydrogen) atoms. The number of carbonyl (C=O) groups excluding carboxylic acids is 1. The lowest BCUT2D eigenvalue weighted by atomic mass is 9.88. The second-order valence-electron chi connectivity index (χ2n) is 7.57. The number of ketones is 1. The molecule has 0 radical (unpaired) electrons. The lowest BCUT2D eigenvalue weighted by Crippen LogP contribution is -2.32. The van der Waals surface area contributed by atoms with Crippen molar-refractivity contribution in [2.75, 3.05) is 19.1 Å². The van der Waals surface area contributed by atoms with E-state index in [2.05, 4.69) is 35.2 Å². The molecule has 0 spiro atoms. The lowest BCUT2D eigenvalue weighted by molar-refractivity contribution is -0.119. The van der Waals surface area contributed by atoms with Gasteiger partial charge in [0.25, 0.3) is 0 Å². The Hall–Kier alpha value is -3.53. The molecule has 1 aliphatic heterocycles. The summed E-state index contributed by atoms with van der Waals surface area (Å²) in [5.41, 5.74) is 5.45. The van der Waals surface area contributed by atoms with E-state index in [1.54, 1.807) is 14.2 Å². The van der Waals surface area contributed by atoms with Gasteiger partial charge >= 0.3 is 0 Å². The number of carbonyl (C=O) groups is 1. The topological polar surface area (TPSA) is 38.8 Å². The Bertz CT molecular complexity index is 1080. The average molecular weight is 414 g/mol. The van der Waals surface area contributed by atoms with Gasteiger partial charge < -0.3 is 14.4 Å². The molecular weight excluding hydrogens is 386 g/mol. The van der Waals surface area contributed by atoms with Gasteiger partial charge in [-0.05, 0) is 71.3 Å². The van der Waals surface area contributed by atoms with E-state index in [4.69, 9.17) is 9.47 Å². The molecule has 4 heteroatoms. The Morgan fingerprint density at radius 2 is 1.48 bits per heavy atom. The number of fused-ring (bicyclic) bond motifs is 1. The molecule has 1 unspecified atom stereocenters. The molecule has 0 amide bonds. The van der Waals surface area contributed by atoms with E-state index in [0.717, 1.165) is 39.6 Å². The van der Waals surface area contributed by atoms with Crippen LogP contribution in [0, 0.1) is 0 Å². The number of hydrogen-bond donors (Lipinski definition) is 0. The second kappa shape index (κ2) is 9.09. The number of nitrogens with zero attached hydrogens (tertiary/aromatic N) is 1. The first-order chi connectivity index (χ1) is 15.1. The minimum atomic E-state index is -0.0841. The largest absolute Gasteiger partial charge is 0.497 e. The van der Waals surface area contributed by atoms with E-state index in [-0.39, 0.29) is 11.8 Å². The fraction of sp³-hybridized carbons (Fsp3) is 0.222. The molecule has 3 aromatic rings. The zero-order valence-corrected chi connectivity index (χ0v) is 18.2. The highest BCUT2D eigenvalue weighted by molar-refractivity contribution is 5.95. The third kappa shape index (κ3) is 4.19. The van der Waals surface area contributed by atoms with E-state index in [1.807, 2.05) is 55.5 Å². The summed E-state index contributed by atoms with van der Waals surface area (Å²) in [4.78, 5) is 14.9. The molecular formula is C27H27NO3. The zero-order valence-electron chi connectivity index (χ0n) is 18.2. The monoisotopic (exact) mass is 413 g/mol. The fourth-order valence-corrected chi connectivity index (χ4v) is 4.08. The summed E-state index contributed by atoms with van der Waals surface area (Å²) in [5.74, 6) is 1.86. The molecule has 1 aliphatic rings. The number of anilines is 1. The summed E-state index contributed by atoms with van der Waals surface area (Å²) in [6.45, 7) is 1.93. The van der Waals surface area contributed by atoms with Crippen LogP contribution >= 0.6 is 0 Å². The maximum Gasteiger partial charge on any atom is 0.135 e. The molecule has 4 nitrogen and oxygen atoms in total. The maximum atomic E-state index is 12.6. The van der Waals surface area contributed by atoms with Crippen molar-refractivity contribution in [3.8, 4) is 11.5 Å². The van der Waals surface area contributed by atoms with Crippen LogP contribution in [0.1, 0.15) is 42.5 Å². The van der Waals surface area contributed by atoms with E-state index in [1.165, 1.54) is 0 Å². The second-order valence-corrected chi connectivity index (χ2v) is 7.57. The van der Waals surface area contributed by atoms with Gasteiger partial charge in [-0.3, -0.25) is 4.79 Å². The van der Waals surface area contributed by atoms with Crippen LogP contribution in [-0.4, -0.2) is 20.0 Å². The third-order valence-electron chi connectivity index (χ3n) is 5.77. The molecule has 4 rings (SSSR count). The highest BCUT2D eigenvalue weighted by Crippen LogP contribution is 2.44. The number of hydrogen-bond acceptors (Lipinski definition) is 4. The van der Waals surface area contributed by atoms with Crippen LogP contribution in [-0.2, 0) is 4.79 Å². The molecule has 0 fully saturated rings. The Kier molecular flexibility index (Phi) is 6.08. The SMILES string of the molecule is CCC(=O)CC1c2ccccc2C=C(c2ccc(OC)cc2)N1c1ccc(OC)cc1. The summed E-state index contributed by atoms with van der Waals surface area (Å²) < 4.78 is 10.7. The first kappa shape index (κ1) is 20.7. The summed E-state index contributed by atoms with van der Waals surface area (Å²) in [6, 6.07) is 24.3. The van der Waals surface area contributed by atoms with Crippen molar-refractivity contribution in [1.82, 2.24) is 0 Å². The molecule has 1 atom stereocenters. The van der Waals surface area contributed by atoms with Crippen LogP contribution < -0.4 is 14.4 Å². The van der Waals surface area contributed by atoms with Crippen LogP contribution in [0.15, 0.2) is 72.8 Å². The van der Waals surface area contributed by atoms with Gasteiger partial charge in [0, 0.05) is 24.2 Å². The normalized spacial score (nSPS) is 15.1. The van der Waals surface area contributed by atoms with Gasteiger partial charge in [-0.15, -0.1) is 0 Å². The lowest BCUT2D eigenvalue weighted by Gasteiger charge is -2.40. The van der Waals surface area contributed by atoms with Crippen LogP contribution in [0.4, 0.5) is 5.69 Å². The molecule has 0 aromatic heterocycles. The molecule has 0 saturated heterocycles. The zero-order chi connectivity index (χ0) is 21.8. The van der Waals surface area contributed by atoms with Gasteiger partial charge in [-0.2, -0.15) is 0 Å². The van der Waals surface area contributed by atoms with E-state index < -0.39 is 0 Å². The molecule has 0 saturated carbocycles. The standard InChI is InChI=1S/C27H27NO3/c1-4-22(29)18-27-25-8-6-5-7-20(25)17-26(19-9-13-23(30-2)14-10-19)28(27)21-11-15-24(31-3)16-12-21/h5-17,27H,4,18H2,1-3H3. The quantitative estimate of drug-likeness (QED) is 0.467. The third-order valence-corrected chi connectivity index (χ3v) is 5.77. The van der Waals surface area contributed by atoms with Crippen molar-refractivity contribution in [2.24, 2.45) is 0 Å². The molecule has 1 heterocycles. The van der Waals surface area contributed by atoms with Crippen LogP contribution in [0.2, 0.25) is 0 Å². The summed E-state index contributed by atoms with van der Waals surface area (Å²) >= 11 is 0. The highest BCUT2D eigenvalue weighted by atomic mass is 16.5. The van der Waals surface area contributed by atoms with Gasteiger partial charge in [0.15, 0.2) is 0 Å². The van der Waals surface area contributed by atoms with Crippen LogP contribution in [0.3, 0.4) is 0 Å². The first-order valence-corrected chi connectivity index (χ1v) is 10.5. The van der Waals surface area contributed by atoms with Crippen molar-refractivity contribution < 1.29 is 14.3 Å². The summed E-state index contributed by atoms with van der Waals surface area (Å²) in [6.07, 6.45) is 3.18. The molecule has 0 N–H and O–H groups in total. The number of benzene rings is 3. The number of ether oxygens (including phenoxy) is 2. The summed E-state index contributed by atoms with van der Waals surface area (Å²) in [7, 11) is 3.33. The van der Waals surface area contributed by atoms with Crippen molar-refractivity contribution in [2.45, 2.75) is 25.8 Å². The van der Waals surface area contributed by atoms with E-state index >= 15 is 0 Å². The van der Waals surface area contributed by atoms with Crippen LogP contribution in [0.5, 0.6) is 11.5 Å². The first-order valence-electron chi connectivity index (χ1n) is 10.5. The Labute approximate surface area is 183 Å². The average Bonchev–Trinajstić information content (AvgIpc) is 2.84. The minimum absolute atomic E-state index is 0.0841. The van der Waals surface area contributed by atoms with Crippen LogP contribution in [0.25, 0.3) is 11.8 Å². The fourth-order valence-electron chi connectivity index (χ4n) is 4.08. The predicted molar refractivity (Wildman–Crippen MR) is 125 cm³/mol. The molecule has 158 valence electrons. The van der Waals surface area contributed by atoms with E-state index in [9.17, 15) is 4.79 Å². The van der Waals surface area contributed by atoms with E-state index in [0.29, 0.717) is 12.8 Å². The Morgan fingerprint density at radius 3 is 2.10 bits per heavy atom. The Morgan fingerprint density at radius 1 is 0.871 bits per heavy atom. The van der Waals surface area contributed by atoms with Crippen molar-refractivity contribution in [1.29, 1.82) is 0 Å². The van der Waals surface area contributed by atoms with Gasteiger partial charge in [-0.25, -0.2) is 0 Å². The number of rotatable bonds is 7. The van der Waals surface area contributed by atoms with Crippen molar-refractivity contribution in [3.05, 3.63) is 89.5 Å². The summed E-state index contributed by atoms with van der Waals surface area (Å²) in [5, 5.41) is 0. The minimum Gasteiger partial charge on any atom is -0.497 e. The van der Waals surface area contributed by atoms with Crippen molar-refractivity contribution >= 4 is 23.2 Å². The molecule has 0 bridgehead atoms. The van der Waals surface area contributed by atoms with Gasteiger partial charge in [0.1, 0.15) is 17.3 Å². The smallest absolute Gasteiger partial charge is 0.135 e. The highest BCUT2D eigenvalue weighted by Gasteiger charge is 2.31. The predicted octanol–water partition coefficient (Wildman–Crippen LogP) is 6.13. The molecule has 3 aromatic carbocycles. The van der Waals surface area contributed by atoms with Gasteiger partial charge in [0.2, 0.25) is 0 Å². The number of Topliss-reactive ketones (excluding diaryl/α,β-unsaturated/α-hetero) is 1. The van der Waals surface area contributed by atoms with Crippen molar-refractivity contribution in [3.63, 3.8) is 0 Å². The van der Waals surface area contributed by atoms with Gasteiger partial charge in [-0.1, -0.05) is 31.2 Å². The Balaban J connectivity index is 1.89.